The Hall–Kier alpha value is -1.43. The van der Waals surface area contributed by atoms with Crippen molar-refractivity contribution >= 4 is 5.97 Å². The van der Waals surface area contributed by atoms with Crippen LogP contribution in [0.5, 0.6) is 0 Å². The second kappa shape index (κ2) is 6.34. The molecule has 0 saturated heterocycles. The van der Waals surface area contributed by atoms with E-state index in [0.29, 0.717) is 18.1 Å². The first-order valence-corrected chi connectivity index (χ1v) is 5.65. The van der Waals surface area contributed by atoms with E-state index in [4.69, 9.17) is 9.63 Å². The minimum absolute atomic E-state index is 0.00893. The van der Waals surface area contributed by atoms with E-state index < -0.39 is 5.97 Å². The van der Waals surface area contributed by atoms with Gasteiger partial charge in [-0.05, 0) is 20.0 Å². The fourth-order valence-corrected chi connectivity index (χ4v) is 1.47. The summed E-state index contributed by atoms with van der Waals surface area (Å²) in [5, 5.41) is 12.5. The highest BCUT2D eigenvalue weighted by molar-refractivity contribution is 5.66. The van der Waals surface area contributed by atoms with E-state index >= 15 is 0 Å². The molecule has 0 bridgehead atoms. The number of carboxylic acid groups (broad SMARTS) is 1. The summed E-state index contributed by atoms with van der Waals surface area (Å²) in [5.41, 5.74) is 0. The van der Waals surface area contributed by atoms with Crippen molar-refractivity contribution in [2.45, 2.75) is 26.2 Å². The molecule has 6 heteroatoms. The first-order valence-electron chi connectivity index (χ1n) is 5.65. The molecule has 1 atom stereocenters. The number of nitrogens with zero attached hydrogens (tertiary/aromatic N) is 3. The molecule has 0 radical (unpaired) electrons. The van der Waals surface area contributed by atoms with Crippen LogP contribution in [-0.4, -0.2) is 46.8 Å². The zero-order valence-electron chi connectivity index (χ0n) is 10.5. The van der Waals surface area contributed by atoms with Crippen molar-refractivity contribution < 1.29 is 14.4 Å². The highest BCUT2D eigenvalue weighted by Crippen LogP contribution is 2.10. The quantitative estimate of drug-likeness (QED) is 0.761. The molecule has 0 spiro atoms. The van der Waals surface area contributed by atoms with Crippen molar-refractivity contribution in [2.75, 3.05) is 20.6 Å². The lowest BCUT2D eigenvalue weighted by Crippen LogP contribution is -2.15. The van der Waals surface area contributed by atoms with Crippen molar-refractivity contribution in [3.63, 3.8) is 0 Å². The maximum absolute atomic E-state index is 10.5. The molecule has 1 aromatic heterocycles. The summed E-state index contributed by atoms with van der Waals surface area (Å²) < 4.78 is 5.08. The Morgan fingerprint density at radius 2 is 2.24 bits per heavy atom. The van der Waals surface area contributed by atoms with Crippen molar-refractivity contribution in [3.05, 3.63) is 11.7 Å². The van der Waals surface area contributed by atoms with Gasteiger partial charge in [0.1, 0.15) is 0 Å². The van der Waals surface area contributed by atoms with E-state index in [0.717, 1.165) is 13.0 Å². The van der Waals surface area contributed by atoms with Gasteiger partial charge < -0.3 is 14.5 Å². The number of carbonyl (C=O) groups is 1. The molecule has 17 heavy (non-hydrogen) atoms. The van der Waals surface area contributed by atoms with Gasteiger partial charge in [-0.3, -0.25) is 4.79 Å². The second-order valence-corrected chi connectivity index (χ2v) is 4.56. The second-order valence-electron chi connectivity index (χ2n) is 4.56. The van der Waals surface area contributed by atoms with Crippen LogP contribution in [0.3, 0.4) is 0 Å². The Morgan fingerprint density at radius 1 is 1.53 bits per heavy atom. The van der Waals surface area contributed by atoms with Crippen LogP contribution in [0, 0.1) is 5.92 Å². The minimum atomic E-state index is -0.801. The molecule has 0 fully saturated rings. The van der Waals surface area contributed by atoms with Gasteiger partial charge in [-0.2, -0.15) is 4.98 Å². The smallest absolute Gasteiger partial charge is 0.303 e. The van der Waals surface area contributed by atoms with E-state index in [1.54, 1.807) is 0 Å². The molecule has 0 aliphatic rings. The summed E-state index contributed by atoms with van der Waals surface area (Å²) in [4.78, 5) is 16.8. The van der Waals surface area contributed by atoms with Gasteiger partial charge in [0.25, 0.3) is 0 Å². The maximum atomic E-state index is 10.5. The highest BCUT2D eigenvalue weighted by atomic mass is 16.5. The lowest BCUT2D eigenvalue weighted by Gasteiger charge is -2.05. The number of aromatic nitrogens is 2. The van der Waals surface area contributed by atoms with Gasteiger partial charge in [-0.25, -0.2) is 0 Å². The summed E-state index contributed by atoms with van der Waals surface area (Å²) in [5.74, 6) is 0.406. The van der Waals surface area contributed by atoms with Gasteiger partial charge in [0.2, 0.25) is 5.89 Å². The van der Waals surface area contributed by atoms with E-state index in [2.05, 4.69) is 10.1 Å². The lowest BCUT2D eigenvalue weighted by molar-refractivity contribution is -0.137. The first kappa shape index (κ1) is 13.6. The number of aliphatic carboxylic acids is 1. The van der Waals surface area contributed by atoms with E-state index in [1.807, 2.05) is 25.9 Å². The van der Waals surface area contributed by atoms with Crippen LogP contribution in [0.2, 0.25) is 0 Å². The molecule has 6 nitrogen and oxygen atoms in total. The van der Waals surface area contributed by atoms with Gasteiger partial charge >= 0.3 is 5.97 Å². The van der Waals surface area contributed by atoms with Crippen LogP contribution in [-0.2, 0) is 17.6 Å². The van der Waals surface area contributed by atoms with Gasteiger partial charge in [-0.1, -0.05) is 12.1 Å². The molecule has 1 N–H and O–H groups in total. The van der Waals surface area contributed by atoms with Crippen LogP contribution >= 0.6 is 0 Å². The zero-order valence-corrected chi connectivity index (χ0v) is 10.5. The molecule has 1 unspecified atom stereocenters. The molecule has 1 heterocycles. The summed E-state index contributed by atoms with van der Waals surface area (Å²) in [6, 6.07) is 0. The van der Waals surface area contributed by atoms with E-state index in [-0.39, 0.29) is 12.3 Å². The molecule has 0 aromatic carbocycles. The van der Waals surface area contributed by atoms with Crippen molar-refractivity contribution in [2.24, 2.45) is 5.92 Å². The number of likely N-dealkylation sites (N-methyl/N-ethyl adjacent to an activating group) is 1. The molecular formula is C11H19N3O3. The summed E-state index contributed by atoms with van der Waals surface area (Å²) in [6.45, 7) is 2.72. The van der Waals surface area contributed by atoms with Gasteiger partial charge in [0, 0.05) is 25.8 Å². The third-order valence-corrected chi connectivity index (χ3v) is 2.34. The predicted octanol–water partition coefficient (Wildman–Crippen LogP) is 0.827. The Bertz CT molecular complexity index is 363. The zero-order chi connectivity index (χ0) is 12.8. The summed E-state index contributed by atoms with van der Waals surface area (Å²) in [7, 11) is 3.96. The summed E-state index contributed by atoms with van der Waals surface area (Å²) >= 11 is 0. The average molecular weight is 241 g/mol. The number of hydrogen-bond donors (Lipinski definition) is 1. The highest BCUT2D eigenvalue weighted by Gasteiger charge is 2.13. The predicted molar refractivity (Wildman–Crippen MR) is 61.7 cm³/mol. The average Bonchev–Trinajstić information content (AvgIpc) is 2.61. The largest absolute Gasteiger partial charge is 0.481 e. The monoisotopic (exact) mass is 241 g/mol. The van der Waals surface area contributed by atoms with Crippen LogP contribution in [0.25, 0.3) is 0 Å². The summed E-state index contributed by atoms with van der Waals surface area (Å²) in [6.07, 6.45) is 1.38. The van der Waals surface area contributed by atoms with Crippen LogP contribution in [0.1, 0.15) is 25.1 Å². The van der Waals surface area contributed by atoms with Crippen molar-refractivity contribution in [1.29, 1.82) is 0 Å². The SMILES string of the molecule is CC(CC(=O)O)Cc1nc(CCN(C)C)no1. The van der Waals surface area contributed by atoms with Crippen LogP contribution in [0.15, 0.2) is 4.52 Å². The van der Waals surface area contributed by atoms with Crippen LogP contribution in [0.4, 0.5) is 0 Å². The third-order valence-electron chi connectivity index (χ3n) is 2.34. The maximum Gasteiger partial charge on any atom is 0.303 e. The van der Waals surface area contributed by atoms with Crippen molar-refractivity contribution in [3.8, 4) is 0 Å². The number of hydrogen-bond acceptors (Lipinski definition) is 5. The Kier molecular flexibility index (Phi) is 5.09. The molecule has 0 amide bonds. The fourth-order valence-electron chi connectivity index (χ4n) is 1.47. The first-order chi connectivity index (χ1) is 7.97. The van der Waals surface area contributed by atoms with Crippen molar-refractivity contribution in [1.82, 2.24) is 15.0 Å². The molecule has 1 rings (SSSR count). The Morgan fingerprint density at radius 3 is 2.82 bits per heavy atom. The van der Waals surface area contributed by atoms with Crippen LogP contribution < -0.4 is 0 Å². The molecule has 96 valence electrons. The number of rotatable bonds is 7. The molecule has 0 saturated carbocycles. The lowest BCUT2D eigenvalue weighted by atomic mass is 10.0. The topological polar surface area (TPSA) is 79.5 Å². The molecule has 0 aliphatic carbocycles. The van der Waals surface area contributed by atoms with E-state index in [1.165, 1.54) is 0 Å². The Balaban J connectivity index is 2.42. The van der Waals surface area contributed by atoms with Gasteiger partial charge in [0.15, 0.2) is 5.82 Å². The van der Waals surface area contributed by atoms with E-state index in [9.17, 15) is 4.79 Å². The van der Waals surface area contributed by atoms with Gasteiger partial charge in [0.05, 0.1) is 0 Å². The standard InChI is InChI=1S/C11H19N3O3/c1-8(7-11(15)16)6-10-12-9(13-17-10)4-5-14(2)3/h8H,4-7H2,1-3H3,(H,15,16). The molecule has 1 aromatic rings. The molecular weight excluding hydrogens is 222 g/mol. The minimum Gasteiger partial charge on any atom is -0.481 e. The Labute approximate surface area is 101 Å². The number of carboxylic acids is 1. The molecule has 0 aliphatic heterocycles. The van der Waals surface area contributed by atoms with Gasteiger partial charge in [-0.15, -0.1) is 0 Å². The normalized spacial score (nSPS) is 12.9. The third kappa shape index (κ3) is 5.44. The fraction of sp³-hybridized carbons (Fsp3) is 0.727.